The van der Waals surface area contributed by atoms with Crippen LogP contribution >= 0.6 is 15.9 Å². The fraction of sp³-hybridized carbons (Fsp3) is 0.276. The lowest BCUT2D eigenvalue weighted by atomic mass is 10.0. The van der Waals surface area contributed by atoms with E-state index in [4.69, 9.17) is 9.15 Å². The van der Waals surface area contributed by atoms with Crippen molar-refractivity contribution in [3.63, 3.8) is 0 Å². The number of methoxy groups -OCH3 is 1. The number of rotatable bonds is 9. The van der Waals surface area contributed by atoms with Gasteiger partial charge in [0.25, 0.3) is 0 Å². The third kappa shape index (κ3) is 5.80. The summed E-state index contributed by atoms with van der Waals surface area (Å²) in [6.07, 6.45) is 3.49. The largest absolute Gasteiger partial charge is 0.497 e. The van der Waals surface area contributed by atoms with Gasteiger partial charge >= 0.3 is 0 Å². The summed E-state index contributed by atoms with van der Waals surface area (Å²) in [5, 5.41) is 3.21. The number of ether oxygens (including phenoxy) is 1. The summed E-state index contributed by atoms with van der Waals surface area (Å²) in [7, 11) is -2.29. The molecule has 9 heteroatoms. The van der Waals surface area contributed by atoms with Gasteiger partial charge in [-0.15, -0.1) is 0 Å². The summed E-state index contributed by atoms with van der Waals surface area (Å²) in [6.45, 7) is 2.42. The monoisotopic (exact) mass is 595 g/mol. The van der Waals surface area contributed by atoms with Gasteiger partial charge in [0, 0.05) is 16.6 Å². The molecule has 1 saturated heterocycles. The number of hydrogen-bond donors (Lipinski definition) is 1. The standard InChI is InChI=1S/C29H30BrN3O4S/c1-36-24-14-10-21(11-15-24)26(33-18-6-3-7-19-33)20-31-28-29(32-27(37-28)22-8-4-2-5-9-22)38(34,35)25-16-12-23(30)13-17-25/h2,4-5,8-17,26,31H,3,6-7,18-20H2,1H3. The summed E-state index contributed by atoms with van der Waals surface area (Å²) in [6, 6.07) is 23.9. The Morgan fingerprint density at radius 3 is 2.32 bits per heavy atom. The zero-order valence-corrected chi connectivity index (χ0v) is 23.5. The van der Waals surface area contributed by atoms with Crippen molar-refractivity contribution in [1.82, 2.24) is 9.88 Å². The molecule has 1 N–H and O–H groups in total. The molecule has 38 heavy (non-hydrogen) atoms. The van der Waals surface area contributed by atoms with Crippen LogP contribution in [-0.2, 0) is 9.84 Å². The lowest BCUT2D eigenvalue weighted by molar-refractivity contribution is 0.170. The Balaban J connectivity index is 1.50. The predicted molar refractivity (Wildman–Crippen MR) is 151 cm³/mol. The molecule has 1 atom stereocenters. The van der Waals surface area contributed by atoms with Gasteiger partial charge in [0.15, 0.2) is 0 Å². The number of nitrogens with one attached hydrogen (secondary N) is 1. The Hall–Kier alpha value is -3.14. The van der Waals surface area contributed by atoms with Crippen molar-refractivity contribution in [3.05, 3.63) is 88.9 Å². The first-order valence-electron chi connectivity index (χ1n) is 12.6. The third-order valence-corrected chi connectivity index (χ3v) is 8.99. The van der Waals surface area contributed by atoms with Crippen LogP contribution in [0.25, 0.3) is 11.5 Å². The minimum atomic E-state index is -3.94. The summed E-state index contributed by atoms with van der Waals surface area (Å²) in [5.41, 5.74) is 1.83. The van der Waals surface area contributed by atoms with Gasteiger partial charge in [-0.2, -0.15) is 4.98 Å². The Bertz CT molecular complexity index is 1450. The van der Waals surface area contributed by atoms with Gasteiger partial charge < -0.3 is 14.5 Å². The van der Waals surface area contributed by atoms with Gasteiger partial charge in [-0.1, -0.05) is 52.7 Å². The first-order valence-corrected chi connectivity index (χ1v) is 14.9. The van der Waals surface area contributed by atoms with E-state index in [0.717, 1.165) is 41.7 Å². The molecule has 7 nitrogen and oxygen atoms in total. The zero-order chi connectivity index (χ0) is 26.5. The maximum Gasteiger partial charge on any atom is 0.233 e. The molecule has 1 aliphatic heterocycles. The topological polar surface area (TPSA) is 84.7 Å². The summed E-state index contributed by atoms with van der Waals surface area (Å²) in [5.74, 6) is 1.19. The molecule has 0 spiro atoms. The fourth-order valence-electron chi connectivity index (χ4n) is 4.73. The smallest absolute Gasteiger partial charge is 0.233 e. The predicted octanol–water partition coefficient (Wildman–Crippen LogP) is 6.58. The van der Waals surface area contributed by atoms with Crippen molar-refractivity contribution in [3.8, 4) is 17.2 Å². The molecule has 198 valence electrons. The SMILES string of the molecule is COc1ccc(C(CNc2oc(-c3ccccc3)nc2S(=O)(=O)c2ccc(Br)cc2)N2CCCCC2)cc1. The molecular weight excluding hydrogens is 566 g/mol. The van der Waals surface area contributed by atoms with E-state index in [1.54, 1.807) is 31.4 Å². The van der Waals surface area contributed by atoms with Gasteiger partial charge in [-0.3, -0.25) is 4.90 Å². The molecule has 4 aromatic rings. The number of benzene rings is 3. The van der Waals surface area contributed by atoms with Crippen molar-refractivity contribution in [2.45, 2.75) is 35.2 Å². The summed E-state index contributed by atoms with van der Waals surface area (Å²) >= 11 is 3.37. The van der Waals surface area contributed by atoms with E-state index in [-0.39, 0.29) is 27.7 Å². The molecule has 1 unspecified atom stereocenters. The number of halogens is 1. The first kappa shape index (κ1) is 26.5. The number of likely N-dealkylation sites (tertiary alicyclic amines) is 1. The highest BCUT2D eigenvalue weighted by Crippen LogP contribution is 2.34. The number of aromatic nitrogens is 1. The van der Waals surface area contributed by atoms with Crippen LogP contribution < -0.4 is 10.1 Å². The molecule has 0 saturated carbocycles. The van der Waals surface area contributed by atoms with Gasteiger partial charge in [-0.05, 0) is 80.0 Å². The third-order valence-electron chi connectivity index (χ3n) is 6.78. The van der Waals surface area contributed by atoms with E-state index in [1.807, 2.05) is 42.5 Å². The van der Waals surface area contributed by atoms with Crippen LogP contribution in [0.2, 0.25) is 0 Å². The Kier molecular flexibility index (Phi) is 8.16. The van der Waals surface area contributed by atoms with Gasteiger partial charge in [0.2, 0.25) is 26.6 Å². The van der Waals surface area contributed by atoms with Crippen LogP contribution in [0.3, 0.4) is 0 Å². The Labute approximate surface area is 231 Å². The van der Waals surface area contributed by atoms with Crippen molar-refractivity contribution in [2.75, 3.05) is 32.1 Å². The van der Waals surface area contributed by atoms with Crippen LogP contribution in [0.1, 0.15) is 30.9 Å². The van der Waals surface area contributed by atoms with E-state index in [9.17, 15) is 8.42 Å². The highest BCUT2D eigenvalue weighted by molar-refractivity contribution is 9.10. The number of sulfone groups is 1. The number of piperidine rings is 1. The van der Waals surface area contributed by atoms with E-state index in [0.29, 0.717) is 12.1 Å². The van der Waals surface area contributed by atoms with E-state index < -0.39 is 9.84 Å². The maximum absolute atomic E-state index is 13.7. The molecule has 0 bridgehead atoms. The minimum absolute atomic E-state index is 0.0229. The van der Waals surface area contributed by atoms with Crippen molar-refractivity contribution >= 4 is 31.7 Å². The summed E-state index contributed by atoms with van der Waals surface area (Å²) < 4.78 is 39.6. The van der Waals surface area contributed by atoms with Gasteiger partial charge in [0.05, 0.1) is 18.0 Å². The average molecular weight is 597 g/mol. The lowest BCUT2D eigenvalue weighted by Crippen LogP contribution is -2.37. The normalized spacial score (nSPS) is 15.2. The van der Waals surface area contributed by atoms with Gasteiger partial charge in [-0.25, -0.2) is 8.42 Å². The molecule has 1 aliphatic rings. The van der Waals surface area contributed by atoms with E-state index in [1.165, 1.54) is 6.42 Å². The first-order chi connectivity index (χ1) is 18.5. The van der Waals surface area contributed by atoms with E-state index >= 15 is 0 Å². The van der Waals surface area contributed by atoms with Crippen LogP contribution in [0, 0.1) is 0 Å². The van der Waals surface area contributed by atoms with Crippen LogP contribution in [-0.4, -0.2) is 45.0 Å². The Morgan fingerprint density at radius 1 is 0.974 bits per heavy atom. The fourth-order valence-corrected chi connectivity index (χ4v) is 6.28. The second-order valence-electron chi connectivity index (χ2n) is 9.24. The molecule has 1 aromatic heterocycles. The van der Waals surface area contributed by atoms with Crippen molar-refractivity contribution in [1.29, 1.82) is 0 Å². The second-order valence-corrected chi connectivity index (χ2v) is 12.0. The molecule has 0 radical (unpaired) electrons. The van der Waals surface area contributed by atoms with Crippen LogP contribution in [0.4, 0.5) is 5.88 Å². The highest BCUT2D eigenvalue weighted by atomic mass is 79.9. The second kappa shape index (κ2) is 11.7. The summed E-state index contributed by atoms with van der Waals surface area (Å²) in [4.78, 5) is 7.07. The molecule has 0 aliphatic carbocycles. The minimum Gasteiger partial charge on any atom is -0.497 e. The molecule has 0 amide bonds. The molecule has 2 heterocycles. The van der Waals surface area contributed by atoms with Crippen LogP contribution in [0.5, 0.6) is 5.75 Å². The number of nitrogens with zero attached hydrogens (tertiary/aromatic N) is 2. The van der Waals surface area contributed by atoms with Gasteiger partial charge in [0.1, 0.15) is 5.75 Å². The van der Waals surface area contributed by atoms with Crippen molar-refractivity contribution in [2.24, 2.45) is 0 Å². The van der Waals surface area contributed by atoms with Crippen molar-refractivity contribution < 1.29 is 17.6 Å². The molecule has 3 aromatic carbocycles. The lowest BCUT2D eigenvalue weighted by Gasteiger charge is -2.35. The number of hydrogen-bond acceptors (Lipinski definition) is 7. The molecular formula is C29H30BrN3O4S. The van der Waals surface area contributed by atoms with Crippen LogP contribution in [0.15, 0.2) is 97.7 Å². The van der Waals surface area contributed by atoms with E-state index in [2.05, 4.69) is 43.3 Å². The molecule has 1 fully saturated rings. The Morgan fingerprint density at radius 2 is 1.66 bits per heavy atom. The maximum atomic E-state index is 13.7. The zero-order valence-electron chi connectivity index (χ0n) is 21.1. The molecule has 5 rings (SSSR count). The average Bonchev–Trinajstić information content (AvgIpc) is 3.40. The number of anilines is 1. The highest BCUT2D eigenvalue weighted by Gasteiger charge is 2.30. The number of oxazole rings is 1. The quantitative estimate of drug-likeness (QED) is 0.234.